The van der Waals surface area contributed by atoms with E-state index in [4.69, 9.17) is 11.5 Å². The van der Waals surface area contributed by atoms with Crippen molar-refractivity contribution in [3.8, 4) is 0 Å². The number of amides is 1. The lowest BCUT2D eigenvalue weighted by Crippen LogP contribution is -2.23. The van der Waals surface area contributed by atoms with E-state index in [1.165, 1.54) is 6.07 Å². The van der Waals surface area contributed by atoms with Gasteiger partial charge in [0.15, 0.2) is 0 Å². The van der Waals surface area contributed by atoms with Crippen molar-refractivity contribution in [1.29, 1.82) is 0 Å². The molecule has 0 spiro atoms. The Labute approximate surface area is 193 Å². The second kappa shape index (κ2) is 9.67. The molecule has 0 atom stereocenters. The van der Waals surface area contributed by atoms with E-state index >= 15 is 0 Å². The topological polar surface area (TPSA) is 135 Å². The van der Waals surface area contributed by atoms with Gasteiger partial charge in [-0.05, 0) is 49.1 Å². The maximum atomic E-state index is 13.1. The number of nitrogen functional groups attached to an aromatic ring is 1. The molecule has 180 valence electrons. The quantitative estimate of drug-likeness (QED) is 0.384. The number of benzene rings is 1. The Hall–Kier alpha value is -3.67. The first-order chi connectivity index (χ1) is 16.2. The number of nitrogens with two attached hydrogens (primary N) is 2. The average Bonchev–Trinajstić information content (AvgIpc) is 3.33. The van der Waals surface area contributed by atoms with Crippen LogP contribution in [0.3, 0.4) is 0 Å². The van der Waals surface area contributed by atoms with Gasteiger partial charge in [-0.15, -0.1) is 0 Å². The summed E-state index contributed by atoms with van der Waals surface area (Å²) in [6.07, 6.45) is -0.415. The van der Waals surface area contributed by atoms with Crippen LogP contribution in [0.15, 0.2) is 30.5 Å². The van der Waals surface area contributed by atoms with Gasteiger partial charge in [0.1, 0.15) is 11.6 Å². The van der Waals surface area contributed by atoms with Crippen LogP contribution in [0, 0.1) is 0 Å². The smallest absolute Gasteiger partial charge is 0.399 e. The van der Waals surface area contributed by atoms with E-state index in [-0.39, 0.29) is 31.1 Å². The van der Waals surface area contributed by atoms with Crippen molar-refractivity contribution in [2.24, 2.45) is 5.73 Å². The lowest BCUT2D eigenvalue weighted by atomic mass is 10.1. The number of anilines is 4. The summed E-state index contributed by atoms with van der Waals surface area (Å²) in [6.45, 7) is 1.86. The maximum Gasteiger partial charge on any atom is 0.416 e. The number of nitrogens with one attached hydrogen (secondary N) is 2. The van der Waals surface area contributed by atoms with Crippen LogP contribution in [0.2, 0.25) is 0 Å². The Morgan fingerprint density at radius 2 is 1.88 bits per heavy atom. The summed E-state index contributed by atoms with van der Waals surface area (Å²) in [4.78, 5) is 27.1. The monoisotopic (exact) mass is 474 g/mol. The van der Waals surface area contributed by atoms with Crippen LogP contribution in [0.5, 0.6) is 0 Å². The van der Waals surface area contributed by atoms with Gasteiger partial charge >= 0.3 is 6.18 Å². The van der Waals surface area contributed by atoms with Gasteiger partial charge < -0.3 is 21.7 Å². The number of hydrogen-bond acceptors (Lipinski definition) is 8. The Morgan fingerprint density at radius 1 is 1.12 bits per heavy atom. The van der Waals surface area contributed by atoms with Crippen molar-refractivity contribution >= 4 is 40.1 Å². The van der Waals surface area contributed by atoms with Gasteiger partial charge in [-0.2, -0.15) is 18.2 Å². The molecule has 12 heteroatoms. The van der Waals surface area contributed by atoms with E-state index in [1.807, 2.05) is 6.07 Å². The summed E-state index contributed by atoms with van der Waals surface area (Å²) in [5, 5.41) is 6.38. The summed E-state index contributed by atoms with van der Waals surface area (Å²) in [6, 6.07) is 5.38. The third kappa shape index (κ3) is 5.45. The molecule has 3 aromatic rings. The highest BCUT2D eigenvalue weighted by atomic mass is 19.4. The maximum absolute atomic E-state index is 13.1. The molecule has 0 unspecified atom stereocenters. The molecule has 0 saturated carbocycles. The van der Waals surface area contributed by atoms with Crippen molar-refractivity contribution in [3.63, 3.8) is 0 Å². The third-order valence-corrected chi connectivity index (χ3v) is 5.48. The van der Waals surface area contributed by atoms with Crippen LogP contribution < -0.4 is 27.0 Å². The van der Waals surface area contributed by atoms with Crippen LogP contribution in [-0.4, -0.2) is 47.0 Å². The first-order valence-corrected chi connectivity index (χ1v) is 10.9. The number of aromatic nitrogens is 3. The van der Waals surface area contributed by atoms with E-state index in [0.717, 1.165) is 43.9 Å². The molecule has 1 aliphatic rings. The van der Waals surface area contributed by atoms with Gasteiger partial charge in [-0.25, -0.2) is 9.97 Å². The number of fused-ring (bicyclic) bond motifs is 1. The summed E-state index contributed by atoms with van der Waals surface area (Å²) < 4.78 is 39.3. The average molecular weight is 474 g/mol. The number of hydrogen-bond donors (Lipinski definition) is 4. The number of carbonyl (C=O) groups is 1. The van der Waals surface area contributed by atoms with E-state index < -0.39 is 17.6 Å². The minimum atomic E-state index is -4.48. The molecule has 0 aliphatic carbocycles. The Bertz CT molecular complexity index is 1190. The van der Waals surface area contributed by atoms with E-state index in [1.54, 1.807) is 6.20 Å². The zero-order valence-electron chi connectivity index (χ0n) is 18.3. The first kappa shape index (κ1) is 23.5. The molecule has 0 bridgehead atoms. The standard InChI is InChI=1S/C22H25F3N8O/c23-22(24,25)14-7-13(8-15(27)9-14)3-4-28-20-16-10-18(33-5-1-2-6-33)29-12-17(16)30-21(32-20)31-19(34)11-26/h7-10,12H,1-6,11,26-27H2,(H2,28,30,31,32,34). The zero-order chi connectivity index (χ0) is 24.3. The van der Waals surface area contributed by atoms with Gasteiger partial charge in [0.05, 0.1) is 23.8 Å². The van der Waals surface area contributed by atoms with Crippen molar-refractivity contribution in [2.75, 3.05) is 47.4 Å². The van der Waals surface area contributed by atoms with Crippen molar-refractivity contribution in [3.05, 3.63) is 41.6 Å². The molecule has 6 N–H and O–H groups in total. The second-order valence-corrected chi connectivity index (χ2v) is 8.04. The molecular formula is C22H25F3N8O. The van der Waals surface area contributed by atoms with Crippen molar-refractivity contribution in [1.82, 2.24) is 15.0 Å². The van der Waals surface area contributed by atoms with E-state index in [2.05, 4.69) is 30.5 Å². The number of halogens is 3. The van der Waals surface area contributed by atoms with Crippen LogP contribution in [0.25, 0.3) is 10.9 Å². The fourth-order valence-corrected chi connectivity index (χ4v) is 3.86. The molecule has 1 aliphatic heterocycles. The molecule has 34 heavy (non-hydrogen) atoms. The second-order valence-electron chi connectivity index (χ2n) is 8.04. The summed E-state index contributed by atoms with van der Waals surface area (Å²) in [5.74, 6) is 0.831. The SMILES string of the molecule is NCC(=O)Nc1nc(NCCc2cc(N)cc(C(F)(F)F)c2)c2cc(N3CCCC3)ncc2n1. The van der Waals surface area contributed by atoms with E-state index in [9.17, 15) is 18.0 Å². The summed E-state index contributed by atoms with van der Waals surface area (Å²) in [5.41, 5.74) is 11.2. The Kier molecular flexibility index (Phi) is 6.68. The van der Waals surface area contributed by atoms with Crippen molar-refractivity contribution in [2.45, 2.75) is 25.4 Å². The molecule has 1 aromatic carbocycles. The number of rotatable bonds is 7. The molecular weight excluding hydrogens is 449 g/mol. The van der Waals surface area contributed by atoms with Crippen LogP contribution >= 0.6 is 0 Å². The highest BCUT2D eigenvalue weighted by Gasteiger charge is 2.31. The van der Waals surface area contributed by atoms with E-state index in [0.29, 0.717) is 22.3 Å². The lowest BCUT2D eigenvalue weighted by Gasteiger charge is -2.18. The fourth-order valence-electron chi connectivity index (χ4n) is 3.86. The Balaban J connectivity index is 1.60. The molecule has 1 amide bonds. The molecule has 1 saturated heterocycles. The van der Waals surface area contributed by atoms with Crippen LogP contribution in [0.1, 0.15) is 24.0 Å². The highest BCUT2D eigenvalue weighted by Crippen LogP contribution is 2.32. The fraction of sp³-hybridized carbons (Fsp3) is 0.364. The molecule has 2 aromatic heterocycles. The largest absolute Gasteiger partial charge is 0.416 e. The number of alkyl halides is 3. The normalized spacial score (nSPS) is 13.9. The summed E-state index contributed by atoms with van der Waals surface area (Å²) >= 11 is 0. The molecule has 4 rings (SSSR count). The molecule has 9 nitrogen and oxygen atoms in total. The van der Waals surface area contributed by atoms with Crippen LogP contribution in [-0.2, 0) is 17.4 Å². The number of pyridine rings is 1. The predicted octanol–water partition coefficient (Wildman–Crippen LogP) is 2.78. The Morgan fingerprint density at radius 3 is 2.59 bits per heavy atom. The minimum absolute atomic E-state index is 0.0467. The van der Waals surface area contributed by atoms with Gasteiger partial charge in [-0.1, -0.05) is 0 Å². The van der Waals surface area contributed by atoms with Crippen LogP contribution in [0.4, 0.5) is 36.4 Å². The molecule has 3 heterocycles. The third-order valence-electron chi connectivity index (χ3n) is 5.48. The predicted molar refractivity (Wildman–Crippen MR) is 125 cm³/mol. The molecule has 1 fully saturated rings. The van der Waals surface area contributed by atoms with Gasteiger partial charge in [-0.3, -0.25) is 10.1 Å². The number of carbonyl (C=O) groups excluding carboxylic acids is 1. The number of nitrogens with zero attached hydrogens (tertiary/aromatic N) is 4. The zero-order valence-corrected chi connectivity index (χ0v) is 18.3. The summed E-state index contributed by atoms with van der Waals surface area (Å²) in [7, 11) is 0. The highest BCUT2D eigenvalue weighted by molar-refractivity contribution is 5.95. The first-order valence-electron chi connectivity index (χ1n) is 10.9. The molecule has 0 radical (unpaired) electrons. The van der Waals surface area contributed by atoms with Gasteiger partial charge in [0, 0.05) is 30.7 Å². The van der Waals surface area contributed by atoms with Gasteiger partial charge in [0.25, 0.3) is 0 Å². The lowest BCUT2D eigenvalue weighted by molar-refractivity contribution is -0.137. The minimum Gasteiger partial charge on any atom is -0.399 e. The van der Waals surface area contributed by atoms with Gasteiger partial charge in [0.2, 0.25) is 11.9 Å². The van der Waals surface area contributed by atoms with Crippen molar-refractivity contribution < 1.29 is 18.0 Å².